The largest absolute Gasteiger partial charge is 0.397 e. The highest BCUT2D eigenvalue weighted by Crippen LogP contribution is 2.09. The molecule has 0 saturated carbocycles. The second-order valence-corrected chi connectivity index (χ2v) is 4.56. The maximum atomic E-state index is 10.3. The van der Waals surface area contributed by atoms with Crippen LogP contribution >= 0.6 is 0 Å². The average molecular weight is 301 g/mol. The molecule has 0 fully saturated rings. The molecule has 0 aromatic carbocycles. The number of rotatable bonds is 9. The fourth-order valence-electron chi connectivity index (χ4n) is 0.974. The predicted molar refractivity (Wildman–Crippen MR) is 60.1 cm³/mol. The van der Waals surface area contributed by atoms with Gasteiger partial charge in [-0.2, -0.15) is 8.42 Å². The molecule has 4 atom stereocenters. The summed E-state index contributed by atoms with van der Waals surface area (Å²) in [7, 11) is -4.77. The Hall–Kier alpha value is -0.980. The van der Waals surface area contributed by atoms with E-state index in [-0.39, 0.29) is 0 Å². The molecule has 0 aliphatic rings. The molecular formula is C7H15N3O8S. The smallest absolute Gasteiger partial charge is 0.394 e. The molecule has 112 valence electrons. The standard InChI is InChI=1S/C7H15N3O8S/c1-4(12)6(2-11)18-7(13)5(9-10-8)3-17-19(14,15)16/h4-7,11-13H,2-3H2,1H3,(H,14,15,16)/t4-,5-,6?,7?/m0/s1. The quantitative estimate of drug-likeness (QED) is 0.131. The summed E-state index contributed by atoms with van der Waals surface area (Å²) in [5, 5.41) is 30.6. The lowest BCUT2D eigenvalue weighted by molar-refractivity contribution is -0.184. The fourth-order valence-corrected chi connectivity index (χ4v) is 1.29. The topological polar surface area (TPSA) is 182 Å². The molecule has 11 nitrogen and oxygen atoms in total. The molecule has 0 radical (unpaired) electrons. The monoisotopic (exact) mass is 301 g/mol. The zero-order valence-corrected chi connectivity index (χ0v) is 10.7. The van der Waals surface area contributed by atoms with Crippen molar-refractivity contribution < 1.29 is 37.2 Å². The second-order valence-electron chi connectivity index (χ2n) is 3.47. The van der Waals surface area contributed by atoms with Crippen LogP contribution in [0.15, 0.2) is 5.11 Å². The molecule has 0 rings (SSSR count). The number of aliphatic hydroxyl groups excluding tert-OH is 3. The number of hydrogen-bond donors (Lipinski definition) is 4. The number of ether oxygens (including phenoxy) is 1. The lowest BCUT2D eigenvalue weighted by Gasteiger charge is -2.25. The molecule has 0 aliphatic carbocycles. The molecule has 19 heavy (non-hydrogen) atoms. The Morgan fingerprint density at radius 1 is 1.42 bits per heavy atom. The van der Waals surface area contributed by atoms with Crippen LogP contribution in [-0.2, 0) is 19.3 Å². The van der Waals surface area contributed by atoms with Crippen LogP contribution in [0.1, 0.15) is 6.92 Å². The minimum atomic E-state index is -4.77. The van der Waals surface area contributed by atoms with Crippen molar-refractivity contribution in [1.82, 2.24) is 0 Å². The Kier molecular flexibility index (Phi) is 7.82. The number of hydrogen-bond acceptors (Lipinski definition) is 8. The third-order valence-electron chi connectivity index (χ3n) is 1.95. The van der Waals surface area contributed by atoms with E-state index < -0.39 is 48.2 Å². The molecule has 0 bridgehead atoms. The summed E-state index contributed by atoms with van der Waals surface area (Å²) in [5.74, 6) is 0. The van der Waals surface area contributed by atoms with Gasteiger partial charge >= 0.3 is 10.4 Å². The number of aliphatic hydroxyl groups is 3. The zero-order valence-electron chi connectivity index (χ0n) is 9.90. The van der Waals surface area contributed by atoms with Gasteiger partial charge in [-0.1, -0.05) is 5.11 Å². The normalized spacial score (nSPS) is 18.2. The van der Waals surface area contributed by atoms with Crippen molar-refractivity contribution in [3.05, 3.63) is 10.4 Å². The van der Waals surface area contributed by atoms with E-state index in [1.54, 1.807) is 0 Å². The van der Waals surface area contributed by atoms with Crippen LogP contribution in [0.4, 0.5) is 0 Å². The maximum absolute atomic E-state index is 10.3. The van der Waals surface area contributed by atoms with Crippen molar-refractivity contribution in [2.75, 3.05) is 13.2 Å². The molecule has 0 aromatic heterocycles. The summed E-state index contributed by atoms with van der Waals surface area (Å²) in [6.07, 6.45) is -4.14. The van der Waals surface area contributed by atoms with E-state index in [1.807, 2.05) is 0 Å². The third-order valence-corrected chi connectivity index (χ3v) is 2.38. The van der Waals surface area contributed by atoms with Crippen LogP contribution in [0, 0.1) is 0 Å². The first-order valence-corrected chi connectivity index (χ1v) is 6.36. The molecule has 12 heteroatoms. The predicted octanol–water partition coefficient (Wildman–Crippen LogP) is -1.44. The van der Waals surface area contributed by atoms with Crippen LogP contribution in [0.25, 0.3) is 10.4 Å². The molecule has 2 unspecified atom stereocenters. The molecule has 0 spiro atoms. The summed E-state index contributed by atoms with van der Waals surface area (Å²) in [6.45, 7) is -0.219. The van der Waals surface area contributed by atoms with E-state index in [0.717, 1.165) is 0 Å². The van der Waals surface area contributed by atoms with E-state index in [9.17, 15) is 13.5 Å². The van der Waals surface area contributed by atoms with Gasteiger partial charge in [-0.3, -0.25) is 4.55 Å². The van der Waals surface area contributed by atoms with Crippen molar-refractivity contribution in [2.24, 2.45) is 5.11 Å². The first-order chi connectivity index (χ1) is 8.71. The molecular weight excluding hydrogens is 286 g/mol. The Morgan fingerprint density at radius 2 is 2.00 bits per heavy atom. The lowest BCUT2D eigenvalue weighted by atomic mass is 10.2. The maximum Gasteiger partial charge on any atom is 0.397 e. The van der Waals surface area contributed by atoms with Gasteiger partial charge in [0.05, 0.1) is 19.3 Å². The van der Waals surface area contributed by atoms with Crippen molar-refractivity contribution in [1.29, 1.82) is 0 Å². The minimum absolute atomic E-state index is 0.628. The molecule has 0 amide bonds. The summed E-state index contributed by atoms with van der Waals surface area (Å²) >= 11 is 0. The van der Waals surface area contributed by atoms with Gasteiger partial charge in [0.25, 0.3) is 0 Å². The highest BCUT2D eigenvalue weighted by atomic mass is 32.3. The zero-order chi connectivity index (χ0) is 15.1. The number of azide groups is 1. The van der Waals surface area contributed by atoms with Crippen molar-refractivity contribution in [3.8, 4) is 0 Å². The third kappa shape index (κ3) is 7.92. The Balaban J connectivity index is 4.65. The van der Waals surface area contributed by atoms with Crippen LogP contribution < -0.4 is 0 Å². The highest BCUT2D eigenvalue weighted by Gasteiger charge is 2.26. The van der Waals surface area contributed by atoms with Gasteiger partial charge in [-0.05, 0) is 12.5 Å². The summed E-state index contributed by atoms with van der Waals surface area (Å²) in [5.41, 5.74) is 8.24. The summed E-state index contributed by atoms with van der Waals surface area (Å²) < 4.78 is 37.8. The van der Waals surface area contributed by atoms with Gasteiger partial charge in [-0.25, -0.2) is 4.18 Å². The van der Waals surface area contributed by atoms with E-state index in [4.69, 9.17) is 25.0 Å². The van der Waals surface area contributed by atoms with Gasteiger partial charge in [0.15, 0.2) is 6.29 Å². The van der Waals surface area contributed by atoms with Crippen molar-refractivity contribution in [3.63, 3.8) is 0 Å². The average Bonchev–Trinajstić information content (AvgIpc) is 2.29. The number of nitrogens with zero attached hydrogens (tertiary/aromatic N) is 3. The highest BCUT2D eigenvalue weighted by molar-refractivity contribution is 7.80. The Morgan fingerprint density at radius 3 is 2.37 bits per heavy atom. The van der Waals surface area contributed by atoms with Crippen molar-refractivity contribution in [2.45, 2.75) is 31.5 Å². The van der Waals surface area contributed by atoms with Crippen LogP contribution in [0.5, 0.6) is 0 Å². The minimum Gasteiger partial charge on any atom is -0.394 e. The van der Waals surface area contributed by atoms with E-state index in [0.29, 0.717) is 0 Å². The summed E-state index contributed by atoms with van der Waals surface area (Å²) in [4.78, 5) is 2.34. The van der Waals surface area contributed by atoms with Gasteiger partial charge in [-0.15, -0.1) is 0 Å². The van der Waals surface area contributed by atoms with E-state index in [1.165, 1.54) is 6.92 Å². The van der Waals surface area contributed by atoms with Crippen LogP contribution in [-0.4, -0.2) is 66.0 Å². The van der Waals surface area contributed by atoms with Gasteiger partial charge in [0.1, 0.15) is 12.1 Å². The van der Waals surface area contributed by atoms with E-state index >= 15 is 0 Å². The molecule has 0 heterocycles. The summed E-state index contributed by atoms with van der Waals surface area (Å²) in [6, 6.07) is -1.50. The molecule has 0 aliphatic heterocycles. The van der Waals surface area contributed by atoms with Gasteiger partial charge in [0, 0.05) is 4.91 Å². The van der Waals surface area contributed by atoms with E-state index in [2.05, 4.69) is 14.2 Å². The van der Waals surface area contributed by atoms with Gasteiger partial charge in [0.2, 0.25) is 0 Å². The second kappa shape index (κ2) is 8.24. The van der Waals surface area contributed by atoms with Crippen molar-refractivity contribution >= 4 is 10.4 Å². The van der Waals surface area contributed by atoms with Crippen LogP contribution in [0.2, 0.25) is 0 Å². The fraction of sp³-hybridized carbons (Fsp3) is 1.00. The SMILES string of the molecule is C[C@H](O)C(CO)OC(O)[C@H](COS(=O)(=O)O)N=[N+]=[N-]. The first kappa shape index (κ1) is 18.0. The molecule has 0 saturated heterocycles. The first-order valence-electron chi connectivity index (χ1n) is 4.99. The molecule has 0 aromatic rings. The van der Waals surface area contributed by atoms with Gasteiger partial charge < -0.3 is 20.1 Å². The Bertz CT molecular complexity index is 407. The van der Waals surface area contributed by atoms with Crippen LogP contribution in [0.3, 0.4) is 0 Å². The Labute approximate surface area is 109 Å². The molecule has 4 N–H and O–H groups in total. The lowest BCUT2D eigenvalue weighted by Crippen LogP contribution is -2.40.